The molecule has 0 aliphatic rings. The lowest BCUT2D eigenvalue weighted by Gasteiger charge is -2.10. The monoisotopic (exact) mass is 335 g/mol. The van der Waals surface area contributed by atoms with Gasteiger partial charge < -0.3 is 15.6 Å². The van der Waals surface area contributed by atoms with Crippen LogP contribution in [-0.4, -0.2) is 23.6 Å². The van der Waals surface area contributed by atoms with Crippen molar-refractivity contribution in [2.75, 3.05) is 13.1 Å². The Hall–Kier alpha value is -1.59. The lowest BCUT2D eigenvalue weighted by molar-refractivity contribution is 0.0954. The molecule has 1 aromatic heterocycles. The zero-order valence-corrected chi connectivity index (χ0v) is 13.2. The number of nitrogens with one attached hydrogen (secondary N) is 1. The third-order valence-electron chi connectivity index (χ3n) is 3.17. The van der Waals surface area contributed by atoms with Crippen LogP contribution in [-0.2, 0) is 0 Å². The Kier molecular flexibility index (Phi) is 4.62. The molecule has 1 aromatic carbocycles. The Labute approximate surface area is 127 Å². The highest BCUT2D eigenvalue weighted by molar-refractivity contribution is 9.10. The largest absolute Gasteiger partial charge is 0.351 e. The number of hydrogen-bond donors (Lipinski definition) is 2. The molecule has 0 bridgehead atoms. The molecule has 5 heteroatoms. The fraction of sp³-hybridized carbons (Fsp3) is 0.267. The van der Waals surface area contributed by atoms with Crippen LogP contribution in [0.25, 0.3) is 5.69 Å². The first-order valence-corrected chi connectivity index (χ1v) is 7.27. The highest BCUT2D eigenvalue weighted by Crippen LogP contribution is 2.23. The molecular formula is C15H18BrN3O. The lowest BCUT2D eigenvalue weighted by atomic mass is 10.2. The predicted octanol–water partition coefficient (Wildman–Crippen LogP) is 2.55. The number of nitrogens with two attached hydrogens (primary N) is 1. The van der Waals surface area contributed by atoms with Crippen molar-refractivity contribution in [1.82, 2.24) is 9.88 Å². The van der Waals surface area contributed by atoms with Crippen LogP contribution in [0.15, 0.2) is 34.8 Å². The second-order valence-electron chi connectivity index (χ2n) is 4.64. The average molecular weight is 336 g/mol. The molecule has 1 amide bonds. The first kappa shape index (κ1) is 14.8. The van der Waals surface area contributed by atoms with E-state index < -0.39 is 0 Å². The Morgan fingerprint density at radius 3 is 2.75 bits per heavy atom. The summed E-state index contributed by atoms with van der Waals surface area (Å²) in [4.78, 5) is 12.1. The van der Waals surface area contributed by atoms with E-state index in [1.165, 1.54) is 0 Å². The van der Waals surface area contributed by atoms with Gasteiger partial charge >= 0.3 is 0 Å². The van der Waals surface area contributed by atoms with Crippen molar-refractivity contribution in [3.05, 3.63) is 51.8 Å². The maximum Gasteiger partial charge on any atom is 0.253 e. The Morgan fingerprint density at radius 1 is 1.35 bits per heavy atom. The first-order valence-electron chi connectivity index (χ1n) is 6.47. The minimum absolute atomic E-state index is 0.0789. The number of aryl methyl sites for hydroxylation is 1. The highest BCUT2D eigenvalue weighted by atomic mass is 79.9. The molecular weight excluding hydrogens is 318 g/mol. The lowest BCUT2D eigenvalue weighted by Crippen LogP contribution is -2.29. The second kappa shape index (κ2) is 6.24. The minimum atomic E-state index is -0.0789. The Balaban J connectivity index is 2.41. The molecule has 0 atom stereocenters. The van der Waals surface area contributed by atoms with Crippen molar-refractivity contribution in [3.63, 3.8) is 0 Å². The van der Waals surface area contributed by atoms with Crippen LogP contribution in [0, 0.1) is 13.8 Å². The Bertz CT molecular complexity index is 634. The highest BCUT2D eigenvalue weighted by Gasteiger charge is 2.16. The smallest absolute Gasteiger partial charge is 0.253 e. The summed E-state index contributed by atoms with van der Waals surface area (Å²) in [5.41, 5.74) is 9.09. The van der Waals surface area contributed by atoms with Gasteiger partial charge in [-0.25, -0.2) is 0 Å². The number of carbonyl (C=O) groups is 1. The summed E-state index contributed by atoms with van der Waals surface area (Å²) in [6, 6.07) is 9.91. The van der Waals surface area contributed by atoms with Crippen molar-refractivity contribution in [2.45, 2.75) is 13.8 Å². The second-order valence-corrected chi connectivity index (χ2v) is 5.56. The molecule has 4 nitrogen and oxygen atoms in total. The van der Waals surface area contributed by atoms with Crippen molar-refractivity contribution in [1.29, 1.82) is 0 Å². The van der Waals surface area contributed by atoms with E-state index in [0.29, 0.717) is 18.7 Å². The first-order chi connectivity index (χ1) is 9.54. The van der Waals surface area contributed by atoms with Gasteiger partial charge in [0, 0.05) is 34.6 Å². The van der Waals surface area contributed by atoms with Gasteiger partial charge in [0.2, 0.25) is 0 Å². The van der Waals surface area contributed by atoms with Crippen molar-refractivity contribution in [3.8, 4) is 5.69 Å². The number of hydrogen-bond acceptors (Lipinski definition) is 2. The summed E-state index contributed by atoms with van der Waals surface area (Å²) in [5, 5.41) is 2.81. The van der Waals surface area contributed by atoms with Crippen LogP contribution in [0.1, 0.15) is 21.7 Å². The maximum atomic E-state index is 12.1. The van der Waals surface area contributed by atoms with Gasteiger partial charge in [-0.15, -0.1) is 0 Å². The summed E-state index contributed by atoms with van der Waals surface area (Å²) in [7, 11) is 0. The molecule has 20 heavy (non-hydrogen) atoms. The third-order valence-corrected chi connectivity index (χ3v) is 3.67. The SMILES string of the molecule is Cc1cc(C(=O)NCCN)c(C)n1-c1cccc(Br)c1. The van der Waals surface area contributed by atoms with Crippen LogP contribution < -0.4 is 11.1 Å². The van der Waals surface area contributed by atoms with Crippen LogP contribution >= 0.6 is 15.9 Å². The summed E-state index contributed by atoms with van der Waals surface area (Å²) in [6.45, 7) is 4.87. The van der Waals surface area contributed by atoms with Gasteiger partial charge in [-0.2, -0.15) is 0 Å². The fourth-order valence-electron chi connectivity index (χ4n) is 2.29. The molecule has 0 aliphatic heterocycles. The number of amides is 1. The number of benzene rings is 1. The standard InChI is InChI=1S/C15H18BrN3O/c1-10-8-14(15(20)18-7-6-17)11(2)19(10)13-5-3-4-12(16)9-13/h3-5,8-9H,6-7,17H2,1-2H3,(H,18,20). The molecule has 3 N–H and O–H groups in total. The number of halogens is 1. The minimum Gasteiger partial charge on any atom is -0.351 e. The van der Waals surface area contributed by atoms with Gasteiger partial charge in [-0.3, -0.25) is 4.79 Å². The number of nitrogens with zero attached hydrogens (tertiary/aromatic N) is 1. The van der Waals surface area contributed by atoms with Gasteiger partial charge in [0.25, 0.3) is 5.91 Å². The summed E-state index contributed by atoms with van der Waals surface area (Å²) in [5.74, 6) is -0.0789. The van der Waals surface area contributed by atoms with E-state index in [4.69, 9.17) is 5.73 Å². The molecule has 0 unspecified atom stereocenters. The van der Waals surface area contributed by atoms with E-state index in [9.17, 15) is 4.79 Å². The number of aromatic nitrogens is 1. The van der Waals surface area contributed by atoms with Gasteiger partial charge in [0.05, 0.1) is 5.56 Å². The molecule has 106 valence electrons. The zero-order chi connectivity index (χ0) is 14.7. The maximum absolute atomic E-state index is 12.1. The molecule has 2 rings (SSSR count). The van der Waals surface area contributed by atoms with Crippen LogP contribution in [0.3, 0.4) is 0 Å². The van der Waals surface area contributed by atoms with Gasteiger partial charge in [0.1, 0.15) is 0 Å². The number of carbonyl (C=O) groups excluding carboxylic acids is 1. The van der Waals surface area contributed by atoms with Gasteiger partial charge in [-0.1, -0.05) is 22.0 Å². The fourth-order valence-corrected chi connectivity index (χ4v) is 2.67. The van der Waals surface area contributed by atoms with E-state index in [2.05, 4.69) is 25.8 Å². The topological polar surface area (TPSA) is 60.1 Å². The number of rotatable bonds is 4. The molecule has 1 heterocycles. The average Bonchev–Trinajstić information content (AvgIpc) is 2.71. The molecule has 0 saturated heterocycles. The predicted molar refractivity (Wildman–Crippen MR) is 84.3 cm³/mol. The molecule has 0 aliphatic carbocycles. The van der Waals surface area contributed by atoms with Gasteiger partial charge in [0.15, 0.2) is 0 Å². The van der Waals surface area contributed by atoms with Crippen molar-refractivity contribution < 1.29 is 4.79 Å². The molecule has 0 radical (unpaired) electrons. The van der Waals surface area contributed by atoms with Crippen molar-refractivity contribution in [2.24, 2.45) is 5.73 Å². The summed E-state index contributed by atoms with van der Waals surface area (Å²) < 4.78 is 3.08. The normalized spacial score (nSPS) is 10.6. The quantitative estimate of drug-likeness (QED) is 0.901. The van der Waals surface area contributed by atoms with Crippen LogP contribution in [0.4, 0.5) is 0 Å². The molecule has 0 spiro atoms. The zero-order valence-electron chi connectivity index (χ0n) is 11.6. The van der Waals surface area contributed by atoms with E-state index in [1.807, 2.05) is 44.2 Å². The third kappa shape index (κ3) is 2.94. The van der Waals surface area contributed by atoms with E-state index in [0.717, 1.165) is 21.5 Å². The molecule has 0 fully saturated rings. The molecule has 0 saturated carbocycles. The van der Waals surface area contributed by atoms with Crippen LogP contribution in [0.2, 0.25) is 0 Å². The van der Waals surface area contributed by atoms with Crippen molar-refractivity contribution >= 4 is 21.8 Å². The van der Waals surface area contributed by atoms with Gasteiger partial charge in [-0.05, 0) is 38.1 Å². The van der Waals surface area contributed by atoms with E-state index in [-0.39, 0.29) is 5.91 Å². The van der Waals surface area contributed by atoms with E-state index in [1.54, 1.807) is 0 Å². The molecule has 2 aromatic rings. The summed E-state index contributed by atoms with van der Waals surface area (Å²) >= 11 is 3.47. The Morgan fingerprint density at radius 2 is 2.10 bits per heavy atom. The summed E-state index contributed by atoms with van der Waals surface area (Å²) in [6.07, 6.45) is 0. The van der Waals surface area contributed by atoms with Crippen LogP contribution in [0.5, 0.6) is 0 Å². The van der Waals surface area contributed by atoms with E-state index >= 15 is 0 Å².